The van der Waals surface area contributed by atoms with E-state index in [1.165, 1.54) is 21.4 Å². The Morgan fingerprint density at radius 2 is 1.87 bits per heavy atom. The first-order valence-electron chi connectivity index (χ1n) is 12.2. The van der Waals surface area contributed by atoms with Gasteiger partial charge in [-0.2, -0.15) is 13.2 Å². The zero-order valence-corrected chi connectivity index (χ0v) is 22.4. The van der Waals surface area contributed by atoms with Gasteiger partial charge in [0, 0.05) is 51.2 Å². The number of imidazole rings is 1. The van der Waals surface area contributed by atoms with Crippen molar-refractivity contribution >= 4 is 27.6 Å². The molecule has 0 radical (unpaired) electrons. The molecule has 15 heteroatoms. The highest BCUT2D eigenvalue weighted by molar-refractivity contribution is 7.88. The van der Waals surface area contributed by atoms with Crippen molar-refractivity contribution in [1.29, 1.82) is 0 Å². The van der Waals surface area contributed by atoms with Crippen molar-refractivity contribution in [1.82, 2.24) is 28.7 Å². The maximum atomic E-state index is 13.8. The average molecular weight is 588 g/mol. The third-order valence-electron chi connectivity index (χ3n) is 6.78. The molecule has 0 bridgehead atoms. The summed E-state index contributed by atoms with van der Waals surface area (Å²) in [4.78, 5) is 14.1. The third kappa shape index (κ3) is 6.34. The van der Waals surface area contributed by atoms with Crippen LogP contribution in [0, 0.1) is 0 Å². The van der Waals surface area contributed by atoms with E-state index in [9.17, 15) is 26.0 Å². The lowest BCUT2D eigenvalue weighted by molar-refractivity contribution is -0.137. The quantitative estimate of drug-likeness (QED) is 0.418. The summed E-state index contributed by atoms with van der Waals surface area (Å²) in [7, 11) is -3.31. The van der Waals surface area contributed by atoms with Crippen molar-refractivity contribution in [2.24, 2.45) is 0 Å². The summed E-state index contributed by atoms with van der Waals surface area (Å²) in [5.41, 5.74) is -0.0330. The number of hydrogen-bond acceptors (Lipinski definition) is 7. The van der Waals surface area contributed by atoms with E-state index in [0.29, 0.717) is 56.3 Å². The van der Waals surface area contributed by atoms with Crippen LogP contribution in [0.1, 0.15) is 24.0 Å². The monoisotopic (exact) mass is 587 g/mol. The molecule has 1 aromatic carbocycles. The molecule has 39 heavy (non-hydrogen) atoms. The number of anilines is 1. The van der Waals surface area contributed by atoms with Gasteiger partial charge in [-0.1, -0.05) is 17.7 Å². The first-order valence-corrected chi connectivity index (χ1v) is 14.4. The molecule has 1 N–H and O–H groups in total. The Morgan fingerprint density at radius 1 is 1.15 bits per heavy atom. The molecule has 5 rings (SSSR count). The lowest BCUT2D eigenvalue weighted by Gasteiger charge is -2.34. The van der Waals surface area contributed by atoms with Crippen molar-refractivity contribution in [3.63, 3.8) is 0 Å². The highest BCUT2D eigenvalue weighted by atomic mass is 35.5. The van der Waals surface area contributed by atoms with E-state index in [1.54, 1.807) is 12.1 Å². The predicted octanol–water partition coefficient (Wildman–Crippen LogP) is 3.99. The molecular weight excluding hydrogens is 562 g/mol. The second-order valence-corrected chi connectivity index (χ2v) is 12.2. The van der Waals surface area contributed by atoms with Crippen LogP contribution in [0.3, 0.4) is 0 Å². The Kier molecular flexibility index (Phi) is 7.57. The summed E-state index contributed by atoms with van der Waals surface area (Å²) >= 11 is 6.47. The lowest BCUT2D eigenvalue weighted by Crippen LogP contribution is -2.47. The summed E-state index contributed by atoms with van der Waals surface area (Å²) in [5, 5.41) is 3.40. The number of nitrogens with zero attached hydrogens (tertiary/aromatic N) is 6. The zero-order valence-electron chi connectivity index (χ0n) is 20.9. The highest BCUT2D eigenvalue weighted by Gasteiger charge is 2.36. The van der Waals surface area contributed by atoms with Crippen LogP contribution < -0.4 is 5.32 Å². The van der Waals surface area contributed by atoms with Crippen LogP contribution >= 0.6 is 11.6 Å². The van der Waals surface area contributed by atoms with Gasteiger partial charge in [-0.25, -0.2) is 32.1 Å². The molecular formula is C24H26ClF4N7O2S. The van der Waals surface area contributed by atoms with E-state index >= 15 is 0 Å². The van der Waals surface area contributed by atoms with E-state index in [-0.39, 0.29) is 17.7 Å². The van der Waals surface area contributed by atoms with E-state index in [2.05, 4.69) is 20.3 Å². The van der Waals surface area contributed by atoms with Crippen LogP contribution in [0.5, 0.6) is 0 Å². The maximum absolute atomic E-state index is 13.8. The zero-order chi connectivity index (χ0) is 27.9. The SMILES string of the molecule is CS(=O)(=O)N1CCC(Nc2ncc(C(F)(F)F)c(-c3cn(-c4ccc(CN5CC(F)C5)cc4Cl)cn3)n2)CC1. The van der Waals surface area contributed by atoms with E-state index in [0.717, 1.165) is 18.0 Å². The van der Waals surface area contributed by atoms with E-state index in [1.807, 2.05) is 11.0 Å². The fraction of sp³-hybridized carbons (Fsp3) is 0.458. The first kappa shape index (κ1) is 27.7. The van der Waals surface area contributed by atoms with Crippen LogP contribution in [-0.4, -0.2) is 81.8 Å². The second kappa shape index (κ2) is 10.6. The molecule has 3 aromatic rings. The molecule has 2 aromatic heterocycles. The number of hydrogen-bond donors (Lipinski definition) is 1. The Balaban J connectivity index is 1.36. The van der Waals surface area contributed by atoms with Gasteiger partial charge in [0.25, 0.3) is 0 Å². The summed E-state index contributed by atoms with van der Waals surface area (Å²) < 4.78 is 80.9. The molecule has 0 aliphatic carbocycles. The van der Waals surface area contributed by atoms with Crippen LogP contribution in [0.4, 0.5) is 23.5 Å². The van der Waals surface area contributed by atoms with Crippen LogP contribution in [0.25, 0.3) is 17.1 Å². The summed E-state index contributed by atoms with van der Waals surface area (Å²) in [6.45, 7) is 1.89. The number of piperidine rings is 1. The fourth-order valence-corrected chi connectivity index (χ4v) is 5.87. The van der Waals surface area contributed by atoms with Crippen molar-refractivity contribution < 1.29 is 26.0 Å². The molecule has 2 saturated heterocycles. The average Bonchev–Trinajstić information content (AvgIpc) is 3.32. The Labute approximate surface area is 227 Å². The fourth-order valence-electron chi connectivity index (χ4n) is 4.70. The van der Waals surface area contributed by atoms with Gasteiger partial charge in [-0.05, 0) is 30.5 Å². The molecule has 4 heterocycles. The maximum Gasteiger partial charge on any atom is 0.420 e. The Hall–Kier alpha value is -2.81. The minimum Gasteiger partial charge on any atom is -0.351 e. The third-order valence-corrected chi connectivity index (χ3v) is 8.39. The van der Waals surface area contributed by atoms with Gasteiger partial charge < -0.3 is 9.88 Å². The van der Waals surface area contributed by atoms with Crippen molar-refractivity contribution in [2.45, 2.75) is 37.8 Å². The normalized spacial score (nSPS) is 18.3. The summed E-state index contributed by atoms with van der Waals surface area (Å²) in [5.74, 6) is -0.00532. The molecule has 2 aliphatic rings. The molecule has 2 aliphatic heterocycles. The van der Waals surface area contributed by atoms with Gasteiger partial charge in [0.05, 0.1) is 17.0 Å². The standard InChI is InChI=1S/C24H26ClF4N7O2S/c1-39(37,38)36-6-4-17(5-7-36)32-23-30-9-18(24(27,28)29)22(33-23)20-13-35(14-31-20)21-3-2-15(8-19(21)25)10-34-11-16(26)12-34/h2-3,8-9,13-14,16-17H,4-7,10-12H2,1H3,(H,30,32,33). The van der Waals surface area contributed by atoms with Gasteiger partial charge in [0.15, 0.2) is 0 Å². The number of aromatic nitrogens is 4. The highest BCUT2D eigenvalue weighted by Crippen LogP contribution is 2.36. The van der Waals surface area contributed by atoms with Gasteiger partial charge >= 0.3 is 6.18 Å². The van der Waals surface area contributed by atoms with Gasteiger partial charge in [0.1, 0.15) is 29.5 Å². The smallest absolute Gasteiger partial charge is 0.351 e. The van der Waals surface area contributed by atoms with Crippen LogP contribution in [0.2, 0.25) is 5.02 Å². The number of halogens is 5. The van der Waals surface area contributed by atoms with Crippen molar-refractivity contribution in [2.75, 3.05) is 37.8 Å². The molecule has 0 amide bonds. The first-order chi connectivity index (χ1) is 18.4. The molecule has 210 valence electrons. The minimum atomic E-state index is -4.72. The summed E-state index contributed by atoms with van der Waals surface area (Å²) in [6.07, 6.45) is 0.0239. The predicted molar refractivity (Wildman–Crippen MR) is 138 cm³/mol. The largest absolute Gasteiger partial charge is 0.420 e. The van der Waals surface area contributed by atoms with Crippen LogP contribution in [0.15, 0.2) is 36.9 Å². The molecule has 0 unspecified atom stereocenters. The van der Waals surface area contributed by atoms with Crippen molar-refractivity contribution in [3.05, 3.63) is 53.1 Å². The number of likely N-dealkylation sites (tertiary alicyclic amines) is 1. The second-order valence-electron chi connectivity index (χ2n) is 9.78. The lowest BCUT2D eigenvalue weighted by atomic mass is 10.1. The van der Waals surface area contributed by atoms with Crippen LogP contribution in [-0.2, 0) is 22.7 Å². The minimum absolute atomic E-state index is 0.00532. The number of alkyl halides is 4. The van der Waals surface area contributed by atoms with E-state index in [4.69, 9.17) is 11.6 Å². The number of benzene rings is 1. The Bertz CT molecular complexity index is 1450. The number of nitrogens with one attached hydrogen (secondary N) is 1. The number of sulfonamides is 1. The Morgan fingerprint density at radius 3 is 2.49 bits per heavy atom. The van der Waals surface area contributed by atoms with Gasteiger partial charge in [-0.15, -0.1) is 0 Å². The number of rotatable bonds is 7. The molecule has 0 saturated carbocycles. The molecule has 0 spiro atoms. The summed E-state index contributed by atoms with van der Waals surface area (Å²) in [6, 6.07) is 5.10. The van der Waals surface area contributed by atoms with Gasteiger partial charge in [0.2, 0.25) is 16.0 Å². The van der Waals surface area contributed by atoms with Gasteiger partial charge in [-0.3, -0.25) is 4.90 Å². The molecule has 0 atom stereocenters. The topological polar surface area (TPSA) is 96.2 Å². The molecule has 9 nitrogen and oxygen atoms in total. The molecule has 2 fully saturated rings. The van der Waals surface area contributed by atoms with Crippen molar-refractivity contribution in [3.8, 4) is 17.1 Å². The van der Waals surface area contributed by atoms with E-state index < -0.39 is 33.6 Å².